The van der Waals surface area contributed by atoms with Crippen molar-refractivity contribution >= 4 is 45.6 Å². The van der Waals surface area contributed by atoms with Gasteiger partial charge in [0, 0.05) is 16.0 Å². The van der Waals surface area contributed by atoms with Gasteiger partial charge in [0.05, 0.1) is 24.9 Å². The molecule has 6 nitrogen and oxygen atoms in total. The van der Waals surface area contributed by atoms with E-state index in [4.69, 9.17) is 16.3 Å². The van der Waals surface area contributed by atoms with E-state index in [1.165, 1.54) is 11.3 Å². The third kappa shape index (κ3) is 5.09. The van der Waals surface area contributed by atoms with Gasteiger partial charge < -0.3 is 10.1 Å². The van der Waals surface area contributed by atoms with Gasteiger partial charge in [-0.2, -0.15) is 0 Å². The first kappa shape index (κ1) is 19.9. The number of benzene rings is 2. The molecule has 3 aromatic rings. The number of nitrogens with zero attached hydrogens (tertiary/aromatic N) is 1. The molecule has 3 rings (SSSR count). The zero-order valence-corrected chi connectivity index (χ0v) is 16.9. The lowest BCUT2D eigenvalue weighted by molar-refractivity contribution is -0.115. The van der Waals surface area contributed by atoms with Crippen molar-refractivity contribution in [3.05, 3.63) is 69.7 Å². The third-order valence-corrected chi connectivity index (χ3v) is 4.91. The first-order valence-corrected chi connectivity index (χ1v) is 9.66. The molecule has 2 amide bonds. The van der Waals surface area contributed by atoms with E-state index >= 15 is 0 Å². The van der Waals surface area contributed by atoms with Crippen LogP contribution in [0.4, 0.5) is 10.8 Å². The molecular weight excluding hydrogens is 398 g/mol. The molecule has 0 aliphatic heterocycles. The van der Waals surface area contributed by atoms with Crippen LogP contribution in [0.2, 0.25) is 5.02 Å². The van der Waals surface area contributed by atoms with Crippen LogP contribution in [-0.2, 0) is 11.2 Å². The van der Waals surface area contributed by atoms with Crippen molar-refractivity contribution in [2.75, 3.05) is 17.7 Å². The lowest BCUT2D eigenvalue weighted by atomic mass is 10.2. The number of carbonyl (C=O) groups excluding carboxylic acids is 2. The summed E-state index contributed by atoms with van der Waals surface area (Å²) >= 11 is 7.09. The smallest absolute Gasteiger partial charge is 0.257 e. The lowest BCUT2D eigenvalue weighted by Gasteiger charge is -2.10. The van der Waals surface area contributed by atoms with E-state index < -0.39 is 0 Å². The van der Waals surface area contributed by atoms with E-state index in [0.29, 0.717) is 32.8 Å². The van der Waals surface area contributed by atoms with E-state index in [2.05, 4.69) is 15.6 Å². The number of ether oxygens (including phenoxy) is 1. The van der Waals surface area contributed by atoms with Gasteiger partial charge in [-0.1, -0.05) is 17.7 Å². The van der Waals surface area contributed by atoms with Gasteiger partial charge in [-0.25, -0.2) is 4.98 Å². The predicted molar refractivity (Wildman–Crippen MR) is 112 cm³/mol. The fourth-order valence-electron chi connectivity index (χ4n) is 2.48. The Labute approximate surface area is 171 Å². The van der Waals surface area contributed by atoms with Crippen molar-refractivity contribution in [2.45, 2.75) is 13.3 Å². The number of anilines is 2. The molecule has 28 heavy (non-hydrogen) atoms. The summed E-state index contributed by atoms with van der Waals surface area (Å²) in [4.78, 5) is 28.8. The zero-order chi connectivity index (χ0) is 20.1. The summed E-state index contributed by atoms with van der Waals surface area (Å²) in [5, 5.41) is 8.26. The summed E-state index contributed by atoms with van der Waals surface area (Å²) in [6.45, 7) is 1.95. The first-order chi connectivity index (χ1) is 13.4. The molecule has 0 radical (unpaired) electrons. The van der Waals surface area contributed by atoms with Crippen LogP contribution in [0.1, 0.15) is 21.6 Å². The number of methoxy groups -OCH3 is 1. The number of rotatable bonds is 6. The highest BCUT2D eigenvalue weighted by Crippen LogP contribution is 2.25. The molecule has 0 saturated carbocycles. The van der Waals surface area contributed by atoms with E-state index in [9.17, 15) is 9.59 Å². The number of amides is 2. The Kier molecular flexibility index (Phi) is 6.28. The summed E-state index contributed by atoms with van der Waals surface area (Å²) in [5.74, 6) is 0.0944. The minimum atomic E-state index is -0.286. The van der Waals surface area contributed by atoms with Crippen LogP contribution < -0.4 is 15.4 Å². The molecule has 2 aromatic carbocycles. The van der Waals surface area contributed by atoms with Gasteiger partial charge in [-0.3, -0.25) is 14.9 Å². The lowest BCUT2D eigenvalue weighted by Crippen LogP contribution is -2.15. The van der Waals surface area contributed by atoms with E-state index in [1.807, 2.05) is 19.1 Å². The molecule has 2 N–H and O–H groups in total. The Bertz CT molecular complexity index is 1000. The molecule has 8 heteroatoms. The van der Waals surface area contributed by atoms with Crippen LogP contribution in [0.5, 0.6) is 5.75 Å². The van der Waals surface area contributed by atoms with Gasteiger partial charge in [-0.05, 0) is 48.9 Å². The molecular formula is C20H18ClN3O3S. The van der Waals surface area contributed by atoms with Gasteiger partial charge in [0.25, 0.3) is 5.91 Å². The molecule has 1 heterocycles. The summed E-state index contributed by atoms with van der Waals surface area (Å²) in [7, 11) is 1.56. The van der Waals surface area contributed by atoms with Crippen LogP contribution in [0, 0.1) is 6.92 Å². The maximum Gasteiger partial charge on any atom is 0.257 e. The Balaban J connectivity index is 1.60. The number of aromatic nitrogens is 1. The average molecular weight is 416 g/mol. The van der Waals surface area contributed by atoms with Crippen LogP contribution >= 0.6 is 22.9 Å². The number of thiazole rings is 1. The quantitative estimate of drug-likeness (QED) is 0.619. The molecule has 0 unspecified atom stereocenters. The Morgan fingerprint density at radius 1 is 1.14 bits per heavy atom. The fourth-order valence-corrected chi connectivity index (χ4v) is 3.31. The van der Waals surface area contributed by atoms with Gasteiger partial charge in [0.15, 0.2) is 5.13 Å². The molecule has 1 aromatic heterocycles. The van der Waals surface area contributed by atoms with E-state index in [-0.39, 0.29) is 18.2 Å². The van der Waals surface area contributed by atoms with Crippen molar-refractivity contribution in [1.29, 1.82) is 0 Å². The number of carbonyl (C=O) groups is 2. The van der Waals surface area contributed by atoms with Gasteiger partial charge in [0.2, 0.25) is 5.91 Å². The van der Waals surface area contributed by atoms with E-state index in [0.717, 1.165) is 5.56 Å². The Morgan fingerprint density at radius 2 is 1.89 bits per heavy atom. The minimum Gasteiger partial charge on any atom is -0.495 e. The van der Waals surface area contributed by atoms with Gasteiger partial charge in [0.1, 0.15) is 5.75 Å². The standard InChI is InChI=1S/C20H18ClN3O3S/c1-12-3-8-16(17(9-12)27-2)23-18(25)10-15-11-28-20(22-15)24-19(26)13-4-6-14(21)7-5-13/h3-9,11H,10H2,1-2H3,(H,23,25)(H,22,24,26). The summed E-state index contributed by atoms with van der Waals surface area (Å²) in [6, 6.07) is 12.1. The molecule has 0 aliphatic carbocycles. The first-order valence-electron chi connectivity index (χ1n) is 8.40. The monoisotopic (exact) mass is 415 g/mol. The summed E-state index contributed by atoms with van der Waals surface area (Å²) < 4.78 is 5.29. The number of nitrogens with one attached hydrogen (secondary N) is 2. The highest BCUT2D eigenvalue weighted by atomic mass is 35.5. The SMILES string of the molecule is COc1cc(C)ccc1NC(=O)Cc1csc(NC(=O)c2ccc(Cl)cc2)n1. The topological polar surface area (TPSA) is 80.3 Å². The fraction of sp³-hybridized carbons (Fsp3) is 0.150. The molecule has 0 fully saturated rings. The van der Waals surface area contributed by atoms with Crippen LogP contribution in [0.15, 0.2) is 47.8 Å². The molecule has 0 atom stereocenters. The van der Waals surface area contributed by atoms with Gasteiger partial charge >= 0.3 is 0 Å². The number of aryl methyl sites for hydroxylation is 1. The maximum atomic E-state index is 12.3. The molecule has 144 valence electrons. The predicted octanol–water partition coefficient (Wildman–Crippen LogP) is 4.55. The summed E-state index contributed by atoms with van der Waals surface area (Å²) in [5.41, 5.74) is 2.69. The van der Waals surface area contributed by atoms with Crippen molar-refractivity contribution in [3.8, 4) is 5.75 Å². The molecule has 0 aliphatic rings. The largest absolute Gasteiger partial charge is 0.495 e. The molecule has 0 spiro atoms. The second kappa shape index (κ2) is 8.86. The third-order valence-electron chi connectivity index (χ3n) is 3.85. The highest BCUT2D eigenvalue weighted by molar-refractivity contribution is 7.14. The number of hydrogen-bond donors (Lipinski definition) is 2. The second-order valence-electron chi connectivity index (χ2n) is 6.03. The Morgan fingerprint density at radius 3 is 2.61 bits per heavy atom. The molecule has 0 saturated heterocycles. The van der Waals surface area contributed by atoms with E-state index in [1.54, 1.807) is 42.8 Å². The Hall–Kier alpha value is -2.90. The number of halogens is 1. The average Bonchev–Trinajstić information content (AvgIpc) is 3.10. The summed E-state index contributed by atoms with van der Waals surface area (Å²) in [6.07, 6.45) is 0.0876. The van der Waals surface area contributed by atoms with Gasteiger partial charge in [-0.15, -0.1) is 11.3 Å². The maximum absolute atomic E-state index is 12.3. The van der Waals surface area contributed by atoms with Crippen LogP contribution in [0.3, 0.4) is 0 Å². The second-order valence-corrected chi connectivity index (χ2v) is 7.33. The van der Waals surface area contributed by atoms with Crippen LogP contribution in [0.25, 0.3) is 0 Å². The number of hydrogen-bond acceptors (Lipinski definition) is 5. The van der Waals surface area contributed by atoms with Crippen molar-refractivity contribution < 1.29 is 14.3 Å². The van der Waals surface area contributed by atoms with Crippen LogP contribution in [-0.4, -0.2) is 23.9 Å². The normalized spacial score (nSPS) is 10.4. The minimum absolute atomic E-state index is 0.0876. The highest BCUT2D eigenvalue weighted by Gasteiger charge is 2.13. The molecule has 0 bridgehead atoms. The van der Waals surface area contributed by atoms with Crippen molar-refractivity contribution in [3.63, 3.8) is 0 Å². The van der Waals surface area contributed by atoms with Crippen molar-refractivity contribution in [2.24, 2.45) is 0 Å². The van der Waals surface area contributed by atoms with Crippen molar-refractivity contribution in [1.82, 2.24) is 4.98 Å². The zero-order valence-electron chi connectivity index (χ0n) is 15.3.